The first-order valence-electron chi connectivity index (χ1n) is 11.2. The molecule has 35 heavy (non-hydrogen) atoms. The van der Waals surface area contributed by atoms with Gasteiger partial charge in [0, 0.05) is 47.6 Å². The summed E-state index contributed by atoms with van der Waals surface area (Å²) in [5, 5.41) is 4.27. The summed E-state index contributed by atoms with van der Waals surface area (Å²) < 4.78 is 5.75. The molecule has 0 unspecified atom stereocenters. The topological polar surface area (TPSA) is 97.6 Å². The number of anilines is 2. The average Bonchev–Trinajstić information content (AvgIpc) is 3.21. The number of pyridine rings is 1. The first kappa shape index (κ1) is 23.1. The zero-order chi connectivity index (χ0) is 24.4. The molecular formula is C26H23ClN4O3S. The number of hydrogen-bond acceptors (Lipinski definition) is 6. The number of carbonyl (C=O) groups excluding carboxylic acids is 2. The number of esters is 1. The van der Waals surface area contributed by atoms with Crippen LogP contribution in [0.5, 0.6) is 0 Å². The van der Waals surface area contributed by atoms with Crippen LogP contribution in [0.25, 0.3) is 21.5 Å². The van der Waals surface area contributed by atoms with E-state index in [4.69, 9.17) is 22.1 Å². The van der Waals surface area contributed by atoms with Gasteiger partial charge in [0.1, 0.15) is 15.8 Å². The van der Waals surface area contributed by atoms with Crippen LogP contribution in [0.1, 0.15) is 22.5 Å². The summed E-state index contributed by atoms with van der Waals surface area (Å²) in [4.78, 5) is 32.9. The van der Waals surface area contributed by atoms with E-state index in [9.17, 15) is 9.59 Å². The van der Waals surface area contributed by atoms with E-state index in [-0.39, 0.29) is 12.1 Å². The summed E-state index contributed by atoms with van der Waals surface area (Å²) in [6.45, 7) is 1.01. The molecule has 7 nitrogen and oxygen atoms in total. The maximum atomic E-state index is 12.9. The third-order valence-electron chi connectivity index (χ3n) is 5.95. The van der Waals surface area contributed by atoms with Crippen LogP contribution < -0.4 is 11.1 Å². The minimum absolute atomic E-state index is 0.155. The van der Waals surface area contributed by atoms with Crippen LogP contribution in [-0.4, -0.2) is 41.1 Å². The quantitative estimate of drug-likeness (QED) is 0.328. The van der Waals surface area contributed by atoms with Gasteiger partial charge in [0.2, 0.25) is 0 Å². The highest BCUT2D eigenvalue weighted by Gasteiger charge is 2.27. The van der Waals surface area contributed by atoms with Gasteiger partial charge in [0.05, 0.1) is 11.4 Å². The zero-order valence-electron chi connectivity index (χ0n) is 18.7. The molecule has 0 bridgehead atoms. The van der Waals surface area contributed by atoms with Gasteiger partial charge in [-0.15, -0.1) is 11.3 Å². The second-order valence-corrected chi connectivity index (χ2v) is 9.72. The predicted octanol–water partition coefficient (Wildman–Crippen LogP) is 6.05. The van der Waals surface area contributed by atoms with Gasteiger partial charge in [-0.25, -0.2) is 14.6 Å². The van der Waals surface area contributed by atoms with Gasteiger partial charge < -0.3 is 20.7 Å². The van der Waals surface area contributed by atoms with Crippen molar-refractivity contribution in [2.45, 2.75) is 18.9 Å². The lowest BCUT2D eigenvalue weighted by atomic mass is 10.1. The Hall–Kier alpha value is -3.62. The first-order valence-corrected chi connectivity index (χ1v) is 12.4. The largest absolute Gasteiger partial charge is 0.458 e. The number of nitrogens with one attached hydrogen (secondary N) is 1. The Kier molecular flexibility index (Phi) is 6.57. The summed E-state index contributed by atoms with van der Waals surface area (Å²) in [6, 6.07) is 20.3. The molecule has 3 N–H and O–H groups in total. The number of ether oxygens (including phenoxy) is 1. The van der Waals surface area contributed by atoms with Crippen molar-refractivity contribution in [2.75, 3.05) is 24.1 Å². The molecule has 2 amide bonds. The molecule has 2 aromatic heterocycles. The second kappa shape index (κ2) is 9.93. The Labute approximate surface area is 211 Å². The van der Waals surface area contributed by atoms with Crippen molar-refractivity contribution in [3.63, 3.8) is 0 Å². The number of para-hydroxylation sites is 1. The summed E-state index contributed by atoms with van der Waals surface area (Å²) >= 11 is 7.21. The van der Waals surface area contributed by atoms with Crippen LogP contribution in [0.2, 0.25) is 5.02 Å². The maximum absolute atomic E-state index is 12.9. The van der Waals surface area contributed by atoms with Crippen molar-refractivity contribution in [3.8, 4) is 11.3 Å². The van der Waals surface area contributed by atoms with Crippen LogP contribution in [-0.2, 0) is 4.74 Å². The number of nitrogens with two attached hydrogens (primary N) is 1. The van der Waals surface area contributed by atoms with Crippen molar-refractivity contribution in [1.29, 1.82) is 0 Å². The van der Waals surface area contributed by atoms with Crippen LogP contribution in [0.15, 0.2) is 66.7 Å². The molecular weight excluding hydrogens is 484 g/mol. The molecule has 1 aliphatic rings. The SMILES string of the molecule is Nc1c(C(=O)OC2CCN(C(=O)Nc3ccccc3)CC2)sc2nc(-c3ccc(Cl)cc3)ccc12. The van der Waals surface area contributed by atoms with E-state index in [1.165, 1.54) is 11.3 Å². The van der Waals surface area contributed by atoms with Gasteiger partial charge in [-0.05, 0) is 36.4 Å². The highest BCUT2D eigenvalue weighted by atomic mass is 35.5. The molecule has 178 valence electrons. The number of benzene rings is 2. The Bertz CT molecular complexity index is 1370. The van der Waals surface area contributed by atoms with Crippen molar-refractivity contribution in [3.05, 3.63) is 76.6 Å². The van der Waals surface area contributed by atoms with Crippen molar-refractivity contribution in [2.24, 2.45) is 0 Å². The average molecular weight is 507 g/mol. The molecule has 1 aliphatic heterocycles. The highest BCUT2D eigenvalue weighted by molar-refractivity contribution is 7.21. The molecule has 0 aliphatic carbocycles. The molecule has 0 spiro atoms. The van der Waals surface area contributed by atoms with E-state index >= 15 is 0 Å². The van der Waals surface area contributed by atoms with Crippen molar-refractivity contribution < 1.29 is 14.3 Å². The second-order valence-electron chi connectivity index (χ2n) is 8.29. The Morgan fingerprint density at radius 3 is 2.46 bits per heavy atom. The number of hydrogen-bond donors (Lipinski definition) is 2. The van der Waals surface area contributed by atoms with E-state index in [0.29, 0.717) is 46.3 Å². The number of carbonyl (C=O) groups is 2. The highest BCUT2D eigenvalue weighted by Crippen LogP contribution is 2.35. The summed E-state index contributed by atoms with van der Waals surface area (Å²) in [5.41, 5.74) is 9.11. The minimum atomic E-state index is -0.453. The number of likely N-dealkylation sites (tertiary alicyclic amines) is 1. The van der Waals surface area contributed by atoms with E-state index in [2.05, 4.69) is 10.3 Å². The number of rotatable bonds is 4. The van der Waals surface area contributed by atoms with Crippen molar-refractivity contribution in [1.82, 2.24) is 9.88 Å². The standard InChI is InChI=1S/C26H23ClN4O3S/c27-17-8-6-16(7-9-17)21-11-10-20-22(28)23(35-24(20)30-21)25(32)34-19-12-14-31(15-13-19)26(33)29-18-4-2-1-3-5-18/h1-11,19H,12-15,28H2,(H,29,33). The Balaban J connectivity index is 1.22. The van der Waals surface area contributed by atoms with E-state index in [0.717, 1.165) is 22.3 Å². The fourth-order valence-corrected chi connectivity index (χ4v) is 5.14. The number of aromatic nitrogens is 1. The summed E-state index contributed by atoms with van der Waals surface area (Å²) in [5.74, 6) is -0.453. The minimum Gasteiger partial charge on any atom is -0.458 e. The van der Waals surface area contributed by atoms with Gasteiger partial charge >= 0.3 is 12.0 Å². The maximum Gasteiger partial charge on any atom is 0.350 e. The zero-order valence-corrected chi connectivity index (χ0v) is 20.3. The molecule has 4 aromatic rings. The van der Waals surface area contributed by atoms with Gasteiger partial charge in [0.25, 0.3) is 0 Å². The molecule has 1 fully saturated rings. The van der Waals surface area contributed by atoms with E-state index < -0.39 is 5.97 Å². The molecule has 0 atom stereocenters. The normalized spacial score (nSPS) is 14.1. The Morgan fingerprint density at radius 2 is 1.74 bits per heavy atom. The van der Waals surface area contributed by atoms with Gasteiger partial charge in [-0.3, -0.25) is 0 Å². The first-order chi connectivity index (χ1) is 17.0. The molecule has 0 radical (unpaired) electrons. The fourth-order valence-electron chi connectivity index (χ4n) is 4.04. The number of halogens is 1. The third-order valence-corrected chi connectivity index (χ3v) is 7.29. The number of piperidine rings is 1. The molecule has 3 heterocycles. The number of nitrogen functional groups attached to an aromatic ring is 1. The fraction of sp³-hybridized carbons (Fsp3) is 0.192. The smallest absolute Gasteiger partial charge is 0.350 e. The molecule has 2 aromatic carbocycles. The van der Waals surface area contributed by atoms with Gasteiger partial charge in [0.15, 0.2) is 0 Å². The number of urea groups is 1. The molecule has 9 heteroatoms. The number of nitrogens with zero attached hydrogens (tertiary/aromatic N) is 2. The summed E-state index contributed by atoms with van der Waals surface area (Å²) in [6.07, 6.45) is 0.862. The lowest BCUT2D eigenvalue weighted by Crippen LogP contribution is -2.43. The van der Waals surface area contributed by atoms with Crippen LogP contribution >= 0.6 is 22.9 Å². The van der Waals surface area contributed by atoms with Crippen LogP contribution in [0.4, 0.5) is 16.2 Å². The number of amides is 2. The van der Waals surface area contributed by atoms with E-state index in [1.54, 1.807) is 4.90 Å². The number of thiophene rings is 1. The van der Waals surface area contributed by atoms with Gasteiger partial charge in [-0.1, -0.05) is 41.9 Å². The molecule has 1 saturated heterocycles. The monoisotopic (exact) mass is 506 g/mol. The predicted molar refractivity (Wildman–Crippen MR) is 140 cm³/mol. The number of fused-ring (bicyclic) bond motifs is 1. The summed E-state index contributed by atoms with van der Waals surface area (Å²) in [7, 11) is 0. The Morgan fingerprint density at radius 1 is 1.03 bits per heavy atom. The van der Waals surface area contributed by atoms with Gasteiger partial charge in [-0.2, -0.15) is 0 Å². The molecule has 0 saturated carbocycles. The van der Waals surface area contributed by atoms with Crippen molar-refractivity contribution >= 4 is 56.5 Å². The lowest BCUT2D eigenvalue weighted by Gasteiger charge is -2.31. The van der Waals surface area contributed by atoms with E-state index in [1.807, 2.05) is 66.7 Å². The lowest BCUT2D eigenvalue weighted by molar-refractivity contribution is 0.0164. The molecule has 5 rings (SSSR count). The van der Waals surface area contributed by atoms with Crippen LogP contribution in [0, 0.1) is 0 Å². The van der Waals surface area contributed by atoms with Crippen LogP contribution in [0.3, 0.4) is 0 Å². The third kappa shape index (κ3) is 5.08.